The number of aromatic carboxylic acids is 1. The van der Waals surface area contributed by atoms with E-state index in [-0.39, 0.29) is 23.7 Å². The van der Waals surface area contributed by atoms with Crippen molar-refractivity contribution in [1.82, 2.24) is 10.2 Å². The normalized spacial score (nSPS) is 10.3. The zero-order valence-electron chi connectivity index (χ0n) is 10.6. The minimum atomic E-state index is -1.08. The summed E-state index contributed by atoms with van der Waals surface area (Å²) in [5.41, 5.74) is 0.0481. The Hall–Kier alpha value is -1.82. The van der Waals surface area contributed by atoms with E-state index in [9.17, 15) is 9.59 Å². The zero-order chi connectivity index (χ0) is 13.5. The number of furan rings is 1. The molecule has 0 bridgehead atoms. The van der Waals surface area contributed by atoms with E-state index < -0.39 is 5.97 Å². The Morgan fingerprint density at radius 3 is 2.83 bits per heavy atom. The van der Waals surface area contributed by atoms with E-state index in [0.717, 1.165) is 13.0 Å². The van der Waals surface area contributed by atoms with E-state index in [1.165, 1.54) is 12.3 Å². The Bertz CT molecular complexity index is 414. The Kier molecular flexibility index (Phi) is 5.38. The van der Waals surface area contributed by atoms with Gasteiger partial charge in [0.2, 0.25) is 5.91 Å². The number of carboxylic acid groups (broad SMARTS) is 1. The lowest BCUT2D eigenvalue weighted by Gasteiger charge is -2.16. The Morgan fingerprint density at radius 2 is 2.22 bits per heavy atom. The van der Waals surface area contributed by atoms with E-state index in [2.05, 4.69) is 5.32 Å². The van der Waals surface area contributed by atoms with Crippen LogP contribution in [0.2, 0.25) is 0 Å². The number of amides is 1. The number of carboxylic acids is 1. The van der Waals surface area contributed by atoms with Crippen molar-refractivity contribution in [2.24, 2.45) is 0 Å². The van der Waals surface area contributed by atoms with Crippen LogP contribution in [0.3, 0.4) is 0 Å². The average molecular weight is 254 g/mol. The van der Waals surface area contributed by atoms with Crippen molar-refractivity contribution < 1.29 is 19.1 Å². The summed E-state index contributed by atoms with van der Waals surface area (Å²) in [4.78, 5) is 24.3. The first-order valence-electron chi connectivity index (χ1n) is 5.74. The molecule has 6 nitrogen and oxygen atoms in total. The molecule has 1 heterocycles. The smallest absolute Gasteiger partial charge is 0.339 e. The van der Waals surface area contributed by atoms with Gasteiger partial charge in [0.1, 0.15) is 11.3 Å². The van der Waals surface area contributed by atoms with E-state index >= 15 is 0 Å². The molecule has 0 aromatic carbocycles. The van der Waals surface area contributed by atoms with E-state index in [0.29, 0.717) is 6.54 Å². The summed E-state index contributed by atoms with van der Waals surface area (Å²) in [6.45, 7) is 1.46. The first-order valence-corrected chi connectivity index (χ1v) is 5.74. The summed E-state index contributed by atoms with van der Waals surface area (Å²) in [6, 6.07) is 1.35. The van der Waals surface area contributed by atoms with Gasteiger partial charge in [-0.3, -0.25) is 4.79 Å². The standard InChI is InChI=1S/C12H18N2O4/c1-13-5-3-6-14(2)11(15)8-10-9(12(16)17)4-7-18-10/h4,7,13H,3,5-6,8H2,1-2H3,(H,16,17). The second-order valence-electron chi connectivity index (χ2n) is 4.01. The lowest BCUT2D eigenvalue weighted by molar-refractivity contribution is -0.129. The number of hydrogen-bond acceptors (Lipinski definition) is 4. The molecule has 0 aliphatic rings. The van der Waals surface area contributed by atoms with Crippen molar-refractivity contribution in [2.45, 2.75) is 12.8 Å². The SMILES string of the molecule is CNCCCN(C)C(=O)Cc1occc1C(=O)O. The number of hydrogen-bond donors (Lipinski definition) is 2. The Balaban J connectivity index is 2.53. The highest BCUT2D eigenvalue weighted by atomic mass is 16.4. The predicted molar refractivity (Wildman–Crippen MR) is 65.6 cm³/mol. The lowest BCUT2D eigenvalue weighted by Crippen LogP contribution is -2.30. The van der Waals surface area contributed by atoms with Crippen LogP contribution >= 0.6 is 0 Å². The highest BCUT2D eigenvalue weighted by Crippen LogP contribution is 2.12. The van der Waals surface area contributed by atoms with E-state index in [1.54, 1.807) is 11.9 Å². The minimum Gasteiger partial charge on any atom is -0.478 e. The molecule has 2 N–H and O–H groups in total. The molecular formula is C12H18N2O4. The van der Waals surface area contributed by atoms with Crippen LogP contribution in [0, 0.1) is 0 Å². The van der Waals surface area contributed by atoms with Crippen molar-refractivity contribution in [3.8, 4) is 0 Å². The molecule has 0 spiro atoms. The van der Waals surface area contributed by atoms with Gasteiger partial charge in [0.05, 0.1) is 12.7 Å². The van der Waals surface area contributed by atoms with Crippen LogP contribution in [-0.4, -0.2) is 49.1 Å². The van der Waals surface area contributed by atoms with Crippen LogP contribution in [-0.2, 0) is 11.2 Å². The molecular weight excluding hydrogens is 236 g/mol. The molecule has 1 rings (SSSR count). The second-order valence-corrected chi connectivity index (χ2v) is 4.01. The molecule has 0 aliphatic heterocycles. The van der Waals surface area contributed by atoms with Crippen LogP contribution in [0.1, 0.15) is 22.5 Å². The topological polar surface area (TPSA) is 82.8 Å². The van der Waals surface area contributed by atoms with Crippen LogP contribution in [0.15, 0.2) is 16.7 Å². The third-order valence-corrected chi connectivity index (χ3v) is 2.63. The number of nitrogens with one attached hydrogen (secondary N) is 1. The summed E-state index contributed by atoms with van der Waals surface area (Å²) in [5.74, 6) is -1.03. The van der Waals surface area contributed by atoms with Gasteiger partial charge in [-0.05, 0) is 26.1 Å². The van der Waals surface area contributed by atoms with Crippen molar-refractivity contribution in [3.05, 3.63) is 23.7 Å². The fraction of sp³-hybridized carbons (Fsp3) is 0.500. The van der Waals surface area contributed by atoms with Crippen LogP contribution in [0.25, 0.3) is 0 Å². The number of likely N-dealkylation sites (N-methyl/N-ethyl adjacent to an activating group) is 1. The monoisotopic (exact) mass is 254 g/mol. The highest BCUT2D eigenvalue weighted by molar-refractivity contribution is 5.90. The molecule has 0 radical (unpaired) electrons. The van der Waals surface area contributed by atoms with Gasteiger partial charge in [-0.1, -0.05) is 0 Å². The third-order valence-electron chi connectivity index (χ3n) is 2.63. The maximum Gasteiger partial charge on any atom is 0.339 e. The highest BCUT2D eigenvalue weighted by Gasteiger charge is 2.18. The van der Waals surface area contributed by atoms with Crippen LogP contribution in [0.5, 0.6) is 0 Å². The summed E-state index contributed by atoms with van der Waals surface area (Å²) in [6.07, 6.45) is 2.11. The van der Waals surface area contributed by atoms with Gasteiger partial charge in [-0.2, -0.15) is 0 Å². The largest absolute Gasteiger partial charge is 0.478 e. The van der Waals surface area contributed by atoms with Gasteiger partial charge in [0.25, 0.3) is 0 Å². The quantitative estimate of drug-likeness (QED) is 0.696. The minimum absolute atomic E-state index is 0.0231. The Morgan fingerprint density at radius 1 is 1.50 bits per heavy atom. The number of nitrogens with zero attached hydrogens (tertiary/aromatic N) is 1. The second kappa shape index (κ2) is 6.80. The number of rotatable bonds is 7. The van der Waals surface area contributed by atoms with Crippen LogP contribution in [0.4, 0.5) is 0 Å². The zero-order valence-corrected chi connectivity index (χ0v) is 10.6. The molecule has 18 heavy (non-hydrogen) atoms. The fourth-order valence-corrected chi connectivity index (χ4v) is 1.56. The first-order chi connectivity index (χ1) is 8.56. The molecule has 1 aromatic rings. The molecule has 1 amide bonds. The molecule has 0 saturated carbocycles. The number of carbonyl (C=O) groups excluding carboxylic acids is 1. The van der Waals surface area contributed by atoms with E-state index in [1.807, 2.05) is 7.05 Å². The summed E-state index contributed by atoms with van der Waals surface area (Å²) in [5, 5.41) is 11.9. The van der Waals surface area contributed by atoms with Gasteiger partial charge >= 0.3 is 5.97 Å². The maximum absolute atomic E-state index is 11.8. The molecule has 100 valence electrons. The molecule has 6 heteroatoms. The van der Waals surface area contributed by atoms with Crippen molar-refractivity contribution in [2.75, 3.05) is 27.2 Å². The molecule has 0 aliphatic carbocycles. The molecule has 1 aromatic heterocycles. The molecule has 0 saturated heterocycles. The summed E-state index contributed by atoms with van der Waals surface area (Å²) in [7, 11) is 3.55. The maximum atomic E-state index is 11.8. The van der Waals surface area contributed by atoms with Crippen molar-refractivity contribution >= 4 is 11.9 Å². The number of carbonyl (C=O) groups is 2. The van der Waals surface area contributed by atoms with Crippen molar-refractivity contribution in [1.29, 1.82) is 0 Å². The third kappa shape index (κ3) is 3.89. The van der Waals surface area contributed by atoms with Gasteiger partial charge < -0.3 is 19.7 Å². The lowest BCUT2D eigenvalue weighted by atomic mass is 10.2. The fourth-order valence-electron chi connectivity index (χ4n) is 1.56. The Labute approximate surface area is 106 Å². The van der Waals surface area contributed by atoms with Crippen molar-refractivity contribution in [3.63, 3.8) is 0 Å². The van der Waals surface area contributed by atoms with Gasteiger partial charge in [-0.15, -0.1) is 0 Å². The van der Waals surface area contributed by atoms with E-state index in [4.69, 9.17) is 9.52 Å². The summed E-state index contributed by atoms with van der Waals surface area (Å²) >= 11 is 0. The average Bonchev–Trinajstić information content (AvgIpc) is 2.77. The van der Waals surface area contributed by atoms with Gasteiger partial charge in [0, 0.05) is 13.6 Å². The predicted octanol–water partition coefficient (Wildman–Crippen LogP) is 0.588. The first kappa shape index (κ1) is 14.2. The summed E-state index contributed by atoms with van der Waals surface area (Å²) < 4.78 is 5.03. The molecule has 0 fully saturated rings. The molecule has 0 unspecified atom stereocenters. The van der Waals surface area contributed by atoms with Gasteiger partial charge in [-0.25, -0.2) is 4.79 Å². The van der Waals surface area contributed by atoms with Crippen LogP contribution < -0.4 is 5.32 Å². The van der Waals surface area contributed by atoms with Gasteiger partial charge in [0.15, 0.2) is 0 Å². The molecule has 0 atom stereocenters.